The van der Waals surface area contributed by atoms with Gasteiger partial charge in [-0.05, 0) is 20.3 Å². The fourth-order valence-corrected chi connectivity index (χ4v) is 2.14. The van der Waals surface area contributed by atoms with Crippen LogP contribution in [-0.2, 0) is 24.0 Å². The number of nitrogens with one attached hydrogen (secondary N) is 3. The molecule has 5 atom stereocenters. The van der Waals surface area contributed by atoms with Crippen LogP contribution in [-0.4, -0.2) is 75.8 Å². The number of nitrogens with two attached hydrogens (primary N) is 2. The molecule has 0 radical (unpaired) electrons. The molecule has 0 spiro atoms. The first-order valence-electron chi connectivity index (χ1n) is 8.37. The van der Waals surface area contributed by atoms with Crippen molar-refractivity contribution in [1.82, 2.24) is 16.0 Å². The van der Waals surface area contributed by atoms with Crippen molar-refractivity contribution in [2.45, 2.75) is 57.0 Å². The summed E-state index contributed by atoms with van der Waals surface area (Å²) in [7, 11) is 0. The Hall–Kier alpha value is -2.38. The summed E-state index contributed by atoms with van der Waals surface area (Å²) in [5.74, 6) is -4.62. The first-order valence-corrected chi connectivity index (χ1v) is 9.00. The molecule has 0 aliphatic heterocycles. The monoisotopic (exact) mass is 421 g/mol. The van der Waals surface area contributed by atoms with Crippen LogP contribution in [0.1, 0.15) is 26.7 Å². The van der Waals surface area contributed by atoms with E-state index in [4.69, 9.17) is 16.6 Å². The van der Waals surface area contributed by atoms with Gasteiger partial charge in [-0.15, -0.1) is 0 Å². The van der Waals surface area contributed by atoms with E-state index >= 15 is 0 Å². The minimum absolute atomic E-state index is 0.153. The molecule has 28 heavy (non-hydrogen) atoms. The number of aliphatic carboxylic acids is 1. The third-order valence-corrected chi connectivity index (χ3v) is 4.04. The molecule has 0 aromatic rings. The fraction of sp³-hybridized carbons (Fsp3) is 0.667. The van der Waals surface area contributed by atoms with Gasteiger partial charge in [0.05, 0.1) is 6.10 Å². The number of carbonyl (C=O) groups excluding carboxylic acids is 4. The minimum Gasteiger partial charge on any atom is -0.480 e. The Bertz CT molecular complexity index is 601. The number of amides is 4. The summed E-state index contributed by atoms with van der Waals surface area (Å²) in [6.07, 6.45) is -1.58. The van der Waals surface area contributed by atoms with Crippen molar-refractivity contribution in [1.29, 1.82) is 0 Å². The number of carboxylic acids is 1. The molecule has 0 aliphatic rings. The molecule has 0 rings (SSSR count). The molecule has 13 heteroatoms. The maximum atomic E-state index is 12.4. The smallest absolute Gasteiger partial charge is 0.325 e. The molecule has 0 saturated carbocycles. The Morgan fingerprint density at radius 2 is 1.46 bits per heavy atom. The number of aliphatic hydroxyl groups is 1. The highest BCUT2D eigenvalue weighted by Gasteiger charge is 2.29. The molecular formula is C15H27N5O7S. The van der Waals surface area contributed by atoms with E-state index in [-0.39, 0.29) is 18.6 Å². The van der Waals surface area contributed by atoms with Crippen molar-refractivity contribution in [3.63, 3.8) is 0 Å². The second kappa shape index (κ2) is 12.2. The Kier molecular flexibility index (Phi) is 11.1. The lowest BCUT2D eigenvalue weighted by molar-refractivity contribution is -0.142. The number of thiol groups is 1. The van der Waals surface area contributed by atoms with Crippen molar-refractivity contribution in [3.8, 4) is 0 Å². The Morgan fingerprint density at radius 3 is 1.89 bits per heavy atom. The van der Waals surface area contributed by atoms with E-state index < -0.39 is 59.9 Å². The maximum Gasteiger partial charge on any atom is 0.325 e. The average Bonchev–Trinajstić information content (AvgIpc) is 2.61. The van der Waals surface area contributed by atoms with Crippen LogP contribution in [0.2, 0.25) is 0 Å². The van der Waals surface area contributed by atoms with E-state index in [0.717, 1.165) is 0 Å². The van der Waals surface area contributed by atoms with Gasteiger partial charge in [-0.2, -0.15) is 12.6 Å². The van der Waals surface area contributed by atoms with Gasteiger partial charge < -0.3 is 37.6 Å². The Balaban J connectivity index is 5.16. The summed E-state index contributed by atoms with van der Waals surface area (Å²) < 4.78 is 0. The zero-order chi connectivity index (χ0) is 22.0. The number of carboxylic acid groups (broad SMARTS) is 1. The van der Waals surface area contributed by atoms with Gasteiger partial charge in [-0.25, -0.2) is 0 Å². The van der Waals surface area contributed by atoms with E-state index in [1.807, 2.05) is 0 Å². The van der Waals surface area contributed by atoms with Gasteiger partial charge in [0.1, 0.15) is 24.2 Å². The number of hydrogen-bond donors (Lipinski definition) is 8. The van der Waals surface area contributed by atoms with Gasteiger partial charge in [-0.3, -0.25) is 24.0 Å². The maximum absolute atomic E-state index is 12.4. The highest BCUT2D eigenvalue weighted by atomic mass is 32.1. The van der Waals surface area contributed by atoms with Crippen molar-refractivity contribution in [2.75, 3.05) is 5.75 Å². The first-order chi connectivity index (χ1) is 12.9. The van der Waals surface area contributed by atoms with Gasteiger partial charge in [0, 0.05) is 12.2 Å². The van der Waals surface area contributed by atoms with Crippen LogP contribution in [0.5, 0.6) is 0 Å². The molecule has 160 valence electrons. The van der Waals surface area contributed by atoms with Crippen LogP contribution in [0.15, 0.2) is 0 Å². The second-order valence-electron chi connectivity index (χ2n) is 6.14. The summed E-state index contributed by atoms with van der Waals surface area (Å²) >= 11 is 3.96. The first kappa shape index (κ1) is 25.6. The Labute approximate surface area is 167 Å². The highest BCUT2D eigenvalue weighted by Crippen LogP contribution is 2.01. The quantitative estimate of drug-likeness (QED) is 0.147. The molecule has 0 aromatic heterocycles. The van der Waals surface area contributed by atoms with Crippen molar-refractivity contribution >= 4 is 42.2 Å². The van der Waals surface area contributed by atoms with Crippen molar-refractivity contribution in [3.05, 3.63) is 0 Å². The lowest BCUT2D eigenvalue weighted by Gasteiger charge is -2.24. The van der Waals surface area contributed by atoms with Gasteiger partial charge in [0.25, 0.3) is 0 Å². The number of primary amides is 1. The number of rotatable bonds is 12. The zero-order valence-electron chi connectivity index (χ0n) is 15.5. The standard InChI is InChI=1S/C15H27N5O7S/c1-6(15(26)27)18-12(23)8(3-4-10(16)22)19-13(24)9(5-28)20-14(25)11(17)7(2)21/h6-9,11,21,28H,3-5,17H2,1-2H3,(H2,16,22)(H,18,23)(H,19,24)(H,20,25)(H,26,27)/t6-,7+,8-,9-,11-/m0/s1. The summed E-state index contributed by atoms with van der Waals surface area (Å²) in [4.78, 5) is 58.4. The molecule has 12 nitrogen and oxygen atoms in total. The molecule has 9 N–H and O–H groups in total. The van der Waals surface area contributed by atoms with Crippen LogP contribution in [0.25, 0.3) is 0 Å². The van der Waals surface area contributed by atoms with Crippen LogP contribution in [0.3, 0.4) is 0 Å². The SMILES string of the molecule is C[C@H](NC(=O)[C@H](CCC(N)=O)NC(=O)[C@H](CS)NC(=O)[C@@H](N)[C@@H](C)O)C(=O)O. The third kappa shape index (κ3) is 9.01. The van der Waals surface area contributed by atoms with E-state index in [1.165, 1.54) is 13.8 Å². The molecular weight excluding hydrogens is 394 g/mol. The summed E-state index contributed by atoms with van der Waals surface area (Å²) in [5.41, 5.74) is 10.5. The number of hydrogen-bond acceptors (Lipinski definition) is 8. The van der Waals surface area contributed by atoms with Crippen LogP contribution >= 0.6 is 12.6 Å². The summed E-state index contributed by atoms with van der Waals surface area (Å²) in [6.45, 7) is 2.52. The Morgan fingerprint density at radius 1 is 0.964 bits per heavy atom. The van der Waals surface area contributed by atoms with E-state index in [9.17, 15) is 29.1 Å². The minimum atomic E-state index is -1.29. The molecule has 0 unspecified atom stereocenters. The third-order valence-electron chi connectivity index (χ3n) is 3.68. The normalized spacial score (nSPS) is 16.0. The van der Waals surface area contributed by atoms with Gasteiger partial charge >= 0.3 is 5.97 Å². The fourth-order valence-electron chi connectivity index (χ4n) is 1.88. The molecule has 0 heterocycles. The molecule has 4 amide bonds. The molecule has 0 saturated heterocycles. The van der Waals surface area contributed by atoms with E-state index in [0.29, 0.717) is 0 Å². The topological polar surface area (TPSA) is 214 Å². The predicted molar refractivity (Wildman–Crippen MR) is 101 cm³/mol. The van der Waals surface area contributed by atoms with Crippen molar-refractivity contribution in [2.24, 2.45) is 11.5 Å². The van der Waals surface area contributed by atoms with Gasteiger partial charge in [0.2, 0.25) is 23.6 Å². The number of aliphatic hydroxyl groups excluding tert-OH is 1. The van der Waals surface area contributed by atoms with E-state index in [2.05, 4.69) is 28.6 Å². The lowest BCUT2D eigenvalue weighted by atomic mass is 10.1. The van der Waals surface area contributed by atoms with Gasteiger partial charge in [0.15, 0.2) is 0 Å². The molecule has 0 aliphatic carbocycles. The van der Waals surface area contributed by atoms with Crippen LogP contribution in [0.4, 0.5) is 0 Å². The van der Waals surface area contributed by atoms with Crippen LogP contribution < -0.4 is 27.4 Å². The van der Waals surface area contributed by atoms with Crippen molar-refractivity contribution < 1.29 is 34.2 Å². The van der Waals surface area contributed by atoms with Crippen LogP contribution in [0, 0.1) is 0 Å². The molecule has 0 bridgehead atoms. The largest absolute Gasteiger partial charge is 0.480 e. The van der Waals surface area contributed by atoms with Gasteiger partial charge in [-0.1, -0.05) is 0 Å². The van der Waals surface area contributed by atoms with E-state index in [1.54, 1.807) is 0 Å². The lowest BCUT2D eigenvalue weighted by Crippen LogP contribution is -2.58. The number of carbonyl (C=O) groups is 5. The second-order valence-corrected chi connectivity index (χ2v) is 6.51. The highest BCUT2D eigenvalue weighted by molar-refractivity contribution is 7.80. The predicted octanol–water partition coefficient (Wildman–Crippen LogP) is -3.55. The summed E-state index contributed by atoms with van der Waals surface area (Å²) in [5, 5.41) is 25.0. The molecule has 0 aromatic carbocycles. The molecule has 0 fully saturated rings. The average molecular weight is 421 g/mol. The zero-order valence-corrected chi connectivity index (χ0v) is 16.4. The summed E-state index contributed by atoms with van der Waals surface area (Å²) in [6, 6.07) is -4.97.